The Morgan fingerprint density at radius 2 is 2.00 bits per heavy atom. The molecule has 0 amide bonds. The van der Waals surface area contributed by atoms with Crippen LogP contribution in [-0.4, -0.2) is 30.1 Å². The van der Waals surface area contributed by atoms with E-state index in [1.165, 1.54) is 19.1 Å². The number of alkyl halides is 3. The number of likely N-dealkylation sites (tertiary alicyclic amines) is 1. The van der Waals surface area contributed by atoms with Gasteiger partial charge in [0.1, 0.15) is 0 Å². The maximum Gasteiger partial charge on any atom is 0.416 e. The summed E-state index contributed by atoms with van der Waals surface area (Å²) in [6.07, 6.45) is -3.32. The van der Waals surface area contributed by atoms with Gasteiger partial charge in [0.05, 0.1) is 5.56 Å². The lowest BCUT2D eigenvalue weighted by molar-refractivity contribution is -0.138. The molecule has 1 atom stereocenters. The highest BCUT2D eigenvalue weighted by molar-refractivity contribution is 5.50. The first-order valence-corrected chi connectivity index (χ1v) is 6.96. The zero-order chi connectivity index (χ0) is 14.9. The van der Waals surface area contributed by atoms with E-state index in [0.717, 1.165) is 19.5 Å². The predicted molar refractivity (Wildman–Crippen MR) is 74.9 cm³/mol. The Morgan fingerprint density at radius 3 is 2.55 bits per heavy atom. The summed E-state index contributed by atoms with van der Waals surface area (Å²) in [5.74, 6) is 0. The SMILES string of the molecule is Cc1ccc(NC2CCN(C(C)C)C2)cc1C(F)(F)F. The largest absolute Gasteiger partial charge is 0.416 e. The van der Waals surface area contributed by atoms with Crippen LogP contribution in [0.25, 0.3) is 0 Å². The second-order valence-corrected chi connectivity index (χ2v) is 5.75. The fourth-order valence-electron chi connectivity index (χ4n) is 2.63. The molecule has 0 spiro atoms. The van der Waals surface area contributed by atoms with Gasteiger partial charge in [-0.15, -0.1) is 0 Å². The Labute approximate surface area is 118 Å². The molecular weight excluding hydrogens is 265 g/mol. The zero-order valence-electron chi connectivity index (χ0n) is 12.1. The molecule has 2 nitrogen and oxygen atoms in total. The Balaban J connectivity index is 2.08. The smallest absolute Gasteiger partial charge is 0.381 e. The van der Waals surface area contributed by atoms with Crippen LogP contribution in [0.2, 0.25) is 0 Å². The monoisotopic (exact) mass is 286 g/mol. The lowest BCUT2D eigenvalue weighted by Gasteiger charge is -2.21. The van der Waals surface area contributed by atoms with Gasteiger partial charge < -0.3 is 5.32 Å². The van der Waals surface area contributed by atoms with Crippen molar-refractivity contribution in [1.29, 1.82) is 0 Å². The van der Waals surface area contributed by atoms with E-state index in [1.807, 2.05) is 0 Å². The molecule has 0 bridgehead atoms. The third kappa shape index (κ3) is 3.45. The first-order chi connectivity index (χ1) is 9.27. The van der Waals surface area contributed by atoms with Gasteiger partial charge in [0.2, 0.25) is 0 Å². The molecule has 0 radical (unpaired) electrons. The molecule has 1 aromatic carbocycles. The number of aryl methyl sites for hydroxylation is 1. The van der Waals surface area contributed by atoms with Crippen LogP contribution in [0, 0.1) is 6.92 Å². The van der Waals surface area contributed by atoms with Crippen LogP contribution in [0.15, 0.2) is 18.2 Å². The van der Waals surface area contributed by atoms with E-state index in [4.69, 9.17) is 0 Å². The standard InChI is InChI=1S/C15H21F3N2/c1-10(2)20-7-6-13(9-20)19-12-5-4-11(3)14(8-12)15(16,17)18/h4-5,8,10,13,19H,6-7,9H2,1-3H3. The van der Waals surface area contributed by atoms with Gasteiger partial charge in [-0.2, -0.15) is 13.2 Å². The Bertz CT molecular complexity index is 469. The van der Waals surface area contributed by atoms with Crippen LogP contribution in [0.4, 0.5) is 18.9 Å². The van der Waals surface area contributed by atoms with E-state index < -0.39 is 11.7 Å². The average Bonchev–Trinajstić information content (AvgIpc) is 2.79. The highest BCUT2D eigenvalue weighted by Gasteiger charge is 2.33. The molecule has 1 aromatic rings. The van der Waals surface area contributed by atoms with E-state index in [9.17, 15) is 13.2 Å². The maximum atomic E-state index is 12.9. The minimum atomic E-state index is -4.29. The van der Waals surface area contributed by atoms with E-state index in [1.54, 1.807) is 6.07 Å². The number of benzene rings is 1. The summed E-state index contributed by atoms with van der Waals surface area (Å²) in [6, 6.07) is 5.17. The molecule has 5 heteroatoms. The number of hydrogen-bond donors (Lipinski definition) is 1. The molecule has 1 saturated heterocycles. The second-order valence-electron chi connectivity index (χ2n) is 5.75. The first-order valence-electron chi connectivity index (χ1n) is 6.96. The van der Waals surface area contributed by atoms with Gasteiger partial charge in [0.25, 0.3) is 0 Å². The summed E-state index contributed by atoms with van der Waals surface area (Å²) in [5, 5.41) is 3.22. The van der Waals surface area contributed by atoms with Crippen molar-refractivity contribution >= 4 is 5.69 Å². The maximum absolute atomic E-state index is 12.9. The van der Waals surface area contributed by atoms with Gasteiger partial charge in [-0.3, -0.25) is 4.90 Å². The molecule has 1 aliphatic rings. The lowest BCUT2D eigenvalue weighted by atomic mass is 10.1. The van der Waals surface area contributed by atoms with Crippen molar-refractivity contribution in [3.63, 3.8) is 0 Å². The van der Waals surface area contributed by atoms with Gasteiger partial charge in [-0.25, -0.2) is 0 Å². The number of nitrogens with one attached hydrogen (secondary N) is 1. The molecule has 0 aliphatic carbocycles. The van der Waals surface area contributed by atoms with Crippen molar-refractivity contribution in [1.82, 2.24) is 4.90 Å². The number of rotatable bonds is 3. The number of hydrogen-bond acceptors (Lipinski definition) is 2. The minimum Gasteiger partial charge on any atom is -0.381 e. The number of anilines is 1. The summed E-state index contributed by atoms with van der Waals surface area (Å²) in [4.78, 5) is 2.33. The number of halogens is 3. The van der Waals surface area contributed by atoms with Crippen molar-refractivity contribution in [2.45, 2.75) is 45.5 Å². The predicted octanol–water partition coefficient (Wildman–Crippen LogP) is 3.91. The molecule has 0 aromatic heterocycles. The van der Waals surface area contributed by atoms with E-state index in [2.05, 4.69) is 24.1 Å². The van der Waals surface area contributed by atoms with Gasteiger partial charge >= 0.3 is 6.18 Å². The van der Waals surface area contributed by atoms with Crippen molar-refractivity contribution in [3.8, 4) is 0 Å². The molecular formula is C15H21F3N2. The van der Waals surface area contributed by atoms with E-state index in [0.29, 0.717) is 11.7 Å². The molecule has 2 rings (SSSR count). The highest BCUT2D eigenvalue weighted by atomic mass is 19.4. The first kappa shape index (κ1) is 15.2. The van der Waals surface area contributed by atoms with Crippen LogP contribution < -0.4 is 5.32 Å². The van der Waals surface area contributed by atoms with Crippen LogP contribution >= 0.6 is 0 Å². The van der Waals surface area contributed by atoms with Crippen molar-refractivity contribution in [2.24, 2.45) is 0 Å². The second kappa shape index (κ2) is 5.64. The normalized spacial score (nSPS) is 20.6. The Morgan fingerprint density at radius 1 is 1.30 bits per heavy atom. The molecule has 1 heterocycles. The van der Waals surface area contributed by atoms with Gasteiger partial charge in [-0.1, -0.05) is 6.07 Å². The average molecular weight is 286 g/mol. The Hall–Kier alpha value is -1.23. The topological polar surface area (TPSA) is 15.3 Å². The van der Waals surface area contributed by atoms with E-state index >= 15 is 0 Å². The lowest BCUT2D eigenvalue weighted by Crippen LogP contribution is -2.31. The summed E-state index contributed by atoms with van der Waals surface area (Å²) < 4.78 is 38.6. The fourth-order valence-corrected chi connectivity index (χ4v) is 2.63. The van der Waals surface area contributed by atoms with Crippen molar-refractivity contribution in [2.75, 3.05) is 18.4 Å². The molecule has 112 valence electrons. The molecule has 0 saturated carbocycles. The summed E-state index contributed by atoms with van der Waals surface area (Å²) in [7, 11) is 0. The van der Waals surface area contributed by atoms with Gasteiger partial charge in [-0.05, 0) is 44.9 Å². The summed E-state index contributed by atoms with van der Waals surface area (Å²) in [5.41, 5.74) is 0.262. The van der Waals surface area contributed by atoms with Gasteiger partial charge in [0, 0.05) is 30.9 Å². The molecule has 20 heavy (non-hydrogen) atoms. The van der Waals surface area contributed by atoms with Crippen LogP contribution in [0.3, 0.4) is 0 Å². The van der Waals surface area contributed by atoms with Crippen LogP contribution in [0.1, 0.15) is 31.4 Å². The molecule has 1 unspecified atom stereocenters. The van der Waals surface area contributed by atoms with Crippen LogP contribution in [-0.2, 0) is 6.18 Å². The fraction of sp³-hybridized carbons (Fsp3) is 0.600. The number of nitrogens with zero attached hydrogens (tertiary/aromatic N) is 1. The quantitative estimate of drug-likeness (QED) is 0.906. The molecule has 1 N–H and O–H groups in total. The Kier molecular flexibility index (Phi) is 4.28. The van der Waals surface area contributed by atoms with Gasteiger partial charge in [0.15, 0.2) is 0 Å². The third-order valence-corrected chi connectivity index (χ3v) is 3.86. The minimum absolute atomic E-state index is 0.223. The van der Waals surface area contributed by atoms with Crippen molar-refractivity contribution < 1.29 is 13.2 Å². The third-order valence-electron chi connectivity index (χ3n) is 3.86. The van der Waals surface area contributed by atoms with Crippen molar-refractivity contribution in [3.05, 3.63) is 29.3 Å². The highest BCUT2D eigenvalue weighted by Crippen LogP contribution is 2.33. The summed E-state index contributed by atoms with van der Waals surface area (Å²) >= 11 is 0. The molecule has 1 aliphatic heterocycles. The zero-order valence-corrected chi connectivity index (χ0v) is 12.1. The van der Waals surface area contributed by atoms with E-state index in [-0.39, 0.29) is 11.6 Å². The molecule has 1 fully saturated rings. The summed E-state index contributed by atoms with van der Waals surface area (Å²) in [6.45, 7) is 7.63. The van der Waals surface area contributed by atoms with Crippen LogP contribution in [0.5, 0.6) is 0 Å².